The standard InChI is InChI=1S/C13H9B/c14-11-5-6-13-10(8-11)7-9-3-1-2-4-12(9)13/h1-6,8H,7H2. The Morgan fingerprint density at radius 1 is 0.857 bits per heavy atom. The molecule has 0 unspecified atom stereocenters. The molecule has 1 aliphatic rings. The predicted octanol–water partition coefficient (Wildman–Crippen LogP) is 2.05. The Morgan fingerprint density at radius 3 is 2.57 bits per heavy atom. The summed E-state index contributed by atoms with van der Waals surface area (Å²) in [5, 5.41) is 0. The van der Waals surface area contributed by atoms with Crippen molar-refractivity contribution >= 4 is 13.3 Å². The molecule has 3 rings (SSSR count). The van der Waals surface area contributed by atoms with Crippen molar-refractivity contribution in [2.45, 2.75) is 6.42 Å². The Bertz CT molecular complexity index is 500. The first-order valence-corrected chi connectivity index (χ1v) is 4.81. The molecule has 0 atom stereocenters. The lowest BCUT2D eigenvalue weighted by Gasteiger charge is -2.00. The van der Waals surface area contributed by atoms with Gasteiger partial charge in [0, 0.05) is 0 Å². The molecule has 1 aliphatic carbocycles. The normalized spacial score (nSPS) is 12.3. The number of rotatable bonds is 0. The molecule has 0 heterocycles. The Kier molecular flexibility index (Phi) is 1.54. The smallest absolute Gasteiger partial charge is 0.0963 e. The van der Waals surface area contributed by atoms with Crippen LogP contribution in [0.1, 0.15) is 11.1 Å². The predicted molar refractivity (Wildman–Crippen MR) is 60.1 cm³/mol. The Labute approximate surface area is 85.0 Å². The summed E-state index contributed by atoms with van der Waals surface area (Å²) in [5.41, 5.74) is 6.33. The van der Waals surface area contributed by atoms with E-state index < -0.39 is 0 Å². The van der Waals surface area contributed by atoms with Crippen molar-refractivity contribution in [3.63, 3.8) is 0 Å². The zero-order valence-electron chi connectivity index (χ0n) is 7.83. The second-order valence-corrected chi connectivity index (χ2v) is 3.75. The van der Waals surface area contributed by atoms with E-state index in [1.807, 2.05) is 6.07 Å². The zero-order valence-corrected chi connectivity index (χ0v) is 7.83. The first-order valence-electron chi connectivity index (χ1n) is 4.81. The van der Waals surface area contributed by atoms with Crippen molar-refractivity contribution in [1.29, 1.82) is 0 Å². The van der Waals surface area contributed by atoms with Crippen LogP contribution in [0, 0.1) is 0 Å². The molecule has 2 radical (unpaired) electrons. The van der Waals surface area contributed by atoms with Gasteiger partial charge in [-0.2, -0.15) is 0 Å². The average molecular weight is 176 g/mol. The molecule has 64 valence electrons. The summed E-state index contributed by atoms with van der Waals surface area (Å²) in [6.07, 6.45) is 1.02. The molecule has 0 amide bonds. The first kappa shape index (κ1) is 7.87. The van der Waals surface area contributed by atoms with Crippen LogP contribution in [-0.4, -0.2) is 7.85 Å². The minimum Gasteiger partial charge on any atom is -0.0963 e. The van der Waals surface area contributed by atoms with Gasteiger partial charge in [-0.15, -0.1) is 0 Å². The summed E-state index contributed by atoms with van der Waals surface area (Å²) in [6.45, 7) is 0. The van der Waals surface area contributed by atoms with Crippen molar-refractivity contribution in [3.8, 4) is 11.1 Å². The van der Waals surface area contributed by atoms with Crippen LogP contribution in [0.15, 0.2) is 42.5 Å². The fourth-order valence-electron chi connectivity index (χ4n) is 2.17. The number of benzene rings is 2. The maximum absolute atomic E-state index is 5.77. The maximum atomic E-state index is 5.77. The third-order valence-electron chi connectivity index (χ3n) is 2.82. The molecule has 0 bridgehead atoms. The minimum absolute atomic E-state index is 0.858. The fourth-order valence-corrected chi connectivity index (χ4v) is 2.17. The lowest BCUT2D eigenvalue weighted by Crippen LogP contribution is -2.01. The second-order valence-electron chi connectivity index (χ2n) is 3.75. The van der Waals surface area contributed by atoms with Crippen molar-refractivity contribution < 1.29 is 0 Å². The van der Waals surface area contributed by atoms with E-state index >= 15 is 0 Å². The van der Waals surface area contributed by atoms with E-state index in [0.717, 1.165) is 11.9 Å². The SMILES string of the molecule is [B]c1ccc2c(c1)Cc1ccccc1-2. The third kappa shape index (κ3) is 1.02. The molecule has 0 fully saturated rings. The molecule has 1 heteroatoms. The molecule has 14 heavy (non-hydrogen) atoms. The largest absolute Gasteiger partial charge is 0.113 e. The molecule has 2 aromatic rings. The van der Waals surface area contributed by atoms with E-state index in [1.165, 1.54) is 22.3 Å². The van der Waals surface area contributed by atoms with Gasteiger partial charge in [0.25, 0.3) is 0 Å². The first-order chi connectivity index (χ1) is 6.84. The number of hydrogen-bond acceptors (Lipinski definition) is 0. The van der Waals surface area contributed by atoms with Gasteiger partial charge in [-0.05, 0) is 28.7 Å². The van der Waals surface area contributed by atoms with Crippen LogP contribution >= 0.6 is 0 Å². The molecule has 0 saturated heterocycles. The van der Waals surface area contributed by atoms with Crippen LogP contribution in [0.5, 0.6) is 0 Å². The summed E-state index contributed by atoms with van der Waals surface area (Å²) >= 11 is 0. The Morgan fingerprint density at radius 2 is 1.64 bits per heavy atom. The van der Waals surface area contributed by atoms with Crippen LogP contribution in [0.25, 0.3) is 11.1 Å². The average Bonchev–Trinajstić information content (AvgIpc) is 2.54. The van der Waals surface area contributed by atoms with E-state index in [9.17, 15) is 0 Å². The van der Waals surface area contributed by atoms with Crippen molar-refractivity contribution in [3.05, 3.63) is 53.6 Å². The molecule has 2 aromatic carbocycles. The molecule has 0 spiro atoms. The molecule has 0 aliphatic heterocycles. The van der Waals surface area contributed by atoms with E-state index in [1.54, 1.807) is 0 Å². The number of hydrogen-bond donors (Lipinski definition) is 0. The highest BCUT2D eigenvalue weighted by atomic mass is 14.2. The molecular formula is C13H9B. The summed E-state index contributed by atoms with van der Waals surface area (Å²) < 4.78 is 0. The quantitative estimate of drug-likeness (QED) is 0.460. The summed E-state index contributed by atoms with van der Waals surface area (Å²) in [4.78, 5) is 0. The van der Waals surface area contributed by atoms with Gasteiger partial charge >= 0.3 is 0 Å². The van der Waals surface area contributed by atoms with Gasteiger partial charge in [0.05, 0.1) is 0 Å². The lowest BCUT2D eigenvalue weighted by atomic mass is 9.92. The van der Waals surface area contributed by atoms with Crippen LogP contribution in [0.2, 0.25) is 0 Å². The van der Waals surface area contributed by atoms with Crippen LogP contribution in [0.4, 0.5) is 0 Å². The van der Waals surface area contributed by atoms with Crippen LogP contribution < -0.4 is 5.46 Å². The summed E-state index contributed by atoms with van der Waals surface area (Å²) in [5.74, 6) is 0. The van der Waals surface area contributed by atoms with Crippen LogP contribution in [-0.2, 0) is 6.42 Å². The highest BCUT2D eigenvalue weighted by Gasteiger charge is 2.16. The summed E-state index contributed by atoms with van der Waals surface area (Å²) in [6, 6.07) is 14.7. The lowest BCUT2D eigenvalue weighted by molar-refractivity contribution is 1.27. The molecule has 0 N–H and O–H groups in total. The van der Waals surface area contributed by atoms with Gasteiger partial charge in [-0.1, -0.05) is 47.9 Å². The molecule has 0 aromatic heterocycles. The minimum atomic E-state index is 0.858. The maximum Gasteiger partial charge on any atom is 0.113 e. The van der Waals surface area contributed by atoms with E-state index in [0.29, 0.717) is 0 Å². The van der Waals surface area contributed by atoms with E-state index in [-0.39, 0.29) is 0 Å². The van der Waals surface area contributed by atoms with Gasteiger partial charge in [0.15, 0.2) is 0 Å². The Hall–Kier alpha value is -1.50. The van der Waals surface area contributed by atoms with Gasteiger partial charge in [-0.25, -0.2) is 0 Å². The van der Waals surface area contributed by atoms with Crippen molar-refractivity contribution in [2.75, 3.05) is 0 Å². The molecule has 0 nitrogen and oxygen atoms in total. The highest BCUT2D eigenvalue weighted by molar-refractivity contribution is 6.32. The summed E-state index contributed by atoms with van der Waals surface area (Å²) in [7, 11) is 5.77. The highest BCUT2D eigenvalue weighted by Crippen LogP contribution is 2.35. The fraction of sp³-hybridized carbons (Fsp3) is 0.0769. The van der Waals surface area contributed by atoms with Gasteiger partial charge < -0.3 is 0 Å². The molecular weight excluding hydrogens is 167 g/mol. The topological polar surface area (TPSA) is 0 Å². The second kappa shape index (κ2) is 2.75. The van der Waals surface area contributed by atoms with E-state index in [2.05, 4.69) is 36.4 Å². The van der Waals surface area contributed by atoms with Gasteiger partial charge in [0.1, 0.15) is 7.85 Å². The van der Waals surface area contributed by atoms with Gasteiger partial charge in [0.2, 0.25) is 0 Å². The monoisotopic (exact) mass is 176 g/mol. The van der Waals surface area contributed by atoms with E-state index in [4.69, 9.17) is 7.85 Å². The van der Waals surface area contributed by atoms with Crippen LogP contribution in [0.3, 0.4) is 0 Å². The molecule has 0 saturated carbocycles. The van der Waals surface area contributed by atoms with Crippen molar-refractivity contribution in [2.24, 2.45) is 0 Å². The Balaban J connectivity index is 2.27. The van der Waals surface area contributed by atoms with Gasteiger partial charge in [-0.3, -0.25) is 0 Å². The number of fused-ring (bicyclic) bond motifs is 3. The van der Waals surface area contributed by atoms with Crippen molar-refractivity contribution in [1.82, 2.24) is 0 Å². The zero-order chi connectivity index (χ0) is 9.54. The third-order valence-corrected chi connectivity index (χ3v) is 2.82.